The van der Waals surface area contributed by atoms with E-state index in [9.17, 15) is 5.26 Å². The third kappa shape index (κ3) is 2.58. The lowest BCUT2D eigenvalue weighted by Gasteiger charge is -2.37. The zero-order chi connectivity index (χ0) is 14.2. The summed E-state index contributed by atoms with van der Waals surface area (Å²) in [5.41, 5.74) is -0.386. The first-order valence-electron chi connectivity index (χ1n) is 7.54. The van der Waals surface area contributed by atoms with Crippen LogP contribution in [0.2, 0.25) is 0 Å². The topological polar surface area (TPSA) is 56.9 Å². The van der Waals surface area contributed by atoms with Gasteiger partial charge in [-0.3, -0.25) is 10.2 Å². The van der Waals surface area contributed by atoms with Crippen molar-refractivity contribution in [3.63, 3.8) is 0 Å². The van der Waals surface area contributed by atoms with E-state index in [2.05, 4.69) is 39.7 Å². The van der Waals surface area contributed by atoms with Gasteiger partial charge in [0.25, 0.3) is 0 Å². The molecule has 1 unspecified atom stereocenters. The van der Waals surface area contributed by atoms with Gasteiger partial charge in [0.2, 0.25) is 0 Å². The minimum Gasteiger partial charge on any atom is -0.333 e. The van der Waals surface area contributed by atoms with Crippen molar-refractivity contribution < 1.29 is 0 Å². The Kier molecular flexibility index (Phi) is 3.53. The summed E-state index contributed by atoms with van der Waals surface area (Å²) in [4.78, 5) is 6.78. The minimum absolute atomic E-state index is 0.335. The highest BCUT2D eigenvalue weighted by Gasteiger charge is 2.47. The zero-order valence-electron chi connectivity index (χ0n) is 12.3. The third-order valence-electron chi connectivity index (χ3n) is 4.32. The van der Waals surface area contributed by atoms with Gasteiger partial charge < -0.3 is 4.57 Å². The molecule has 0 radical (unpaired) electrons. The highest BCUT2D eigenvalue weighted by Crippen LogP contribution is 2.40. The van der Waals surface area contributed by atoms with Gasteiger partial charge in [-0.1, -0.05) is 0 Å². The number of imidazole rings is 1. The second-order valence-corrected chi connectivity index (χ2v) is 6.40. The number of nitrogens with zero attached hydrogens (tertiary/aromatic N) is 4. The Balaban J connectivity index is 1.73. The fourth-order valence-corrected chi connectivity index (χ4v) is 3.25. The SMILES string of the molecule is CC(C)NC(C#N)(CN1CCn2ccnc2C1)C1CC1. The van der Waals surface area contributed by atoms with Gasteiger partial charge in [0.05, 0.1) is 12.6 Å². The van der Waals surface area contributed by atoms with Crippen LogP contribution in [0.1, 0.15) is 32.5 Å². The van der Waals surface area contributed by atoms with Crippen LogP contribution in [0.3, 0.4) is 0 Å². The molecule has 1 aliphatic carbocycles. The molecule has 1 aliphatic heterocycles. The molecule has 1 atom stereocenters. The van der Waals surface area contributed by atoms with Gasteiger partial charge in [0.15, 0.2) is 0 Å². The van der Waals surface area contributed by atoms with Crippen LogP contribution in [0.4, 0.5) is 0 Å². The summed E-state index contributed by atoms with van der Waals surface area (Å²) < 4.78 is 2.21. The number of hydrogen-bond donors (Lipinski definition) is 1. The summed E-state index contributed by atoms with van der Waals surface area (Å²) in [7, 11) is 0. The summed E-state index contributed by atoms with van der Waals surface area (Å²) in [5, 5.41) is 13.3. The molecule has 5 nitrogen and oxygen atoms in total. The Morgan fingerprint density at radius 3 is 2.95 bits per heavy atom. The van der Waals surface area contributed by atoms with E-state index in [0.717, 1.165) is 32.0 Å². The first kappa shape index (κ1) is 13.6. The largest absolute Gasteiger partial charge is 0.333 e. The Morgan fingerprint density at radius 1 is 1.50 bits per heavy atom. The minimum atomic E-state index is -0.386. The van der Waals surface area contributed by atoms with E-state index in [1.165, 1.54) is 12.8 Å². The highest BCUT2D eigenvalue weighted by molar-refractivity contribution is 5.17. The molecule has 1 fully saturated rings. The molecule has 0 bridgehead atoms. The van der Waals surface area contributed by atoms with Crippen molar-refractivity contribution in [3.05, 3.63) is 18.2 Å². The van der Waals surface area contributed by atoms with E-state index in [4.69, 9.17) is 0 Å². The van der Waals surface area contributed by atoms with Gasteiger partial charge in [-0.25, -0.2) is 4.98 Å². The van der Waals surface area contributed by atoms with Gasteiger partial charge in [-0.05, 0) is 32.6 Å². The molecular weight excluding hydrogens is 250 g/mol. The van der Waals surface area contributed by atoms with E-state index in [0.29, 0.717) is 12.0 Å². The molecular formula is C15H23N5. The third-order valence-corrected chi connectivity index (χ3v) is 4.32. The predicted octanol–water partition coefficient (Wildman–Crippen LogP) is 1.37. The second-order valence-electron chi connectivity index (χ2n) is 6.40. The Bertz CT molecular complexity index is 511. The van der Waals surface area contributed by atoms with E-state index in [1.54, 1.807) is 0 Å². The first-order chi connectivity index (χ1) is 9.63. The summed E-state index contributed by atoms with van der Waals surface area (Å²) >= 11 is 0. The van der Waals surface area contributed by atoms with Crippen molar-refractivity contribution in [1.29, 1.82) is 5.26 Å². The lowest BCUT2D eigenvalue weighted by molar-refractivity contribution is 0.155. The van der Waals surface area contributed by atoms with Crippen LogP contribution in [0.5, 0.6) is 0 Å². The number of nitrogens with one attached hydrogen (secondary N) is 1. The molecule has 5 heteroatoms. The van der Waals surface area contributed by atoms with Crippen molar-refractivity contribution in [2.75, 3.05) is 13.1 Å². The summed E-state index contributed by atoms with van der Waals surface area (Å²) in [6.07, 6.45) is 6.26. The zero-order valence-corrected chi connectivity index (χ0v) is 12.3. The Hall–Kier alpha value is -1.38. The highest BCUT2D eigenvalue weighted by atomic mass is 15.3. The first-order valence-corrected chi connectivity index (χ1v) is 7.54. The quantitative estimate of drug-likeness (QED) is 0.880. The smallest absolute Gasteiger partial charge is 0.122 e. The predicted molar refractivity (Wildman–Crippen MR) is 76.8 cm³/mol. The molecule has 1 N–H and O–H groups in total. The number of nitriles is 1. The maximum atomic E-state index is 9.76. The molecule has 0 saturated heterocycles. The van der Waals surface area contributed by atoms with Crippen LogP contribution < -0.4 is 5.32 Å². The van der Waals surface area contributed by atoms with Gasteiger partial charge in [-0.15, -0.1) is 0 Å². The molecule has 3 rings (SSSR count). The standard InChI is InChI=1S/C15H23N5/c1-12(2)18-15(10-16,13-3-4-13)11-19-7-8-20-6-5-17-14(20)9-19/h5-6,12-13,18H,3-4,7-9,11H2,1-2H3. The van der Waals surface area contributed by atoms with Crippen molar-refractivity contribution in [2.45, 2.75) is 51.4 Å². The van der Waals surface area contributed by atoms with Gasteiger partial charge >= 0.3 is 0 Å². The Morgan fingerprint density at radius 2 is 2.30 bits per heavy atom. The number of hydrogen-bond acceptors (Lipinski definition) is 4. The summed E-state index contributed by atoms with van der Waals surface area (Å²) in [6, 6.07) is 2.93. The number of aromatic nitrogens is 2. The van der Waals surface area contributed by atoms with E-state index in [-0.39, 0.29) is 5.54 Å². The molecule has 108 valence electrons. The average molecular weight is 273 g/mol. The van der Waals surface area contributed by atoms with Crippen molar-refractivity contribution >= 4 is 0 Å². The molecule has 20 heavy (non-hydrogen) atoms. The van der Waals surface area contributed by atoms with Crippen molar-refractivity contribution in [2.24, 2.45) is 5.92 Å². The monoisotopic (exact) mass is 273 g/mol. The number of fused-ring (bicyclic) bond motifs is 1. The fraction of sp³-hybridized carbons (Fsp3) is 0.733. The lowest BCUT2D eigenvalue weighted by Crippen LogP contribution is -2.57. The molecule has 2 aliphatic rings. The number of rotatable bonds is 5. The molecule has 2 heterocycles. The van der Waals surface area contributed by atoms with Crippen molar-refractivity contribution in [1.82, 2.24) is 19.8 Å². The van der Waals surface area contributed by atoms with Gasteiger partial charge in [0.1, 0.15) is 11.4 Å². The molecule has 0 aromatic carbocycles. The molecule has 0 amide bonds. The van der Waals surface area contributed by atoms with E-state index < -0.39 is 0 Å². The van der Waals surface area contributed by atoms with Crippen LogP contribution in [0.15, 0.2) is 12.4 Å². The van der Waals surface area contributed by atoms with Crippen LogP contribution in [0, 0.1) is 17.2 Å². The molecule has 1 saturated carbocycles. The van der Waals surface area contributed by atoms with Crippen molar-refractivity contribution in [3.8, 4) is 6.07 Å². The molecule has 1 aromatic rings. The maximum absolute atomic E-state index is 9.76. The summed E-state index contributed by atoms with van der Waals surface area (Å²) in [5.74, 6) is 1.63. The van der Waals surface area contributed by atoms with Crippen LogP contribution in [0.25, 0.3) is 0 Å². The van der Waals surface area contributed by atoms with E-state index >= 15 is 0 Å². The lowest BCUT2D eigenvalue weighted by atomic mass is 9.92. The van der Waals surface area contributed by atoms with E-state index in [1.807, 2.05) is 12.4 Å². The normalized spacial score (nSPS) is 22.3. The second kappa shape index (κ2) is 5.19. The van der Waals surface area contributed by atoms with Crippen LogP contribution >= 0.6 is 0 Å². The van der Waals surface area contributed by atoms with Crippen LogP contribution in [-0.2, 0) is 13.1 Å². The summed E-state index contributed by atoms with van der Waals surface area (Å²) in [6.45, 7) is 7.87. The van der Waals surface area contributed by atoms with Gasteiger partial charge in [0, 0.05) is 38.1 Å². The fourth-order valence-electron chi connectivity index (χ4n) is 3.25. The van der Waals surface area contributed by atoms with Crippen LogP contribution in [-0.4, -0.2) is 39.1 Å². The van der Waals surface area contributed by atoms with Gasteiger partial charge in [-0.2, -0.15) is 5.26 Å². The average Bonchev–Trinajstić information content (AvgIpc) is 3.17. The molecule has 0 spiro atoms. The molecule has 1 aromatic heterocycles. The Labute approximate surface area is 120 Å². The maximum Gasteiger partial charge on any atom is 0.122 e.